The van der Waals surface area contributed by atoms with E-state index in [1.807, 2.05) is 6.92 Å². The maximum absolute atomic E-state index is 13.3. The van der Waals surface area contributed by atoms with Crippen LogP contribution < -0.4 is 5.73 Å². The first-order valence-electron chi connectivity index (χ1n) is 5.66. The maximum atomic E-state index is 13.3. The smallest absolute Gasteiger partial charge is 0.128 e. The van der Waals surface area contributed by atoms with Crippen molar-refractivity contribution in [2.24, 2.45) is 0 Å². The van der Waals surface area contributed by atoms with Gasteiger partial charge in [-0.3, -0.25) is 0 Å². The molecule has 1 aromatic carbocycles. The van der Waals surface area contributed by atoms with Crippen molar-refractivity contribution in [3.63, 3.8) is 0 Å². The average Bonchev–Trinajstić information content (AvgIpc) is 2.69. The van der Waals surface area contributed by atoms with Gasteiger partial charge in [0.05, 0.1) is 5.69 Å². The minimum absolute atomic E-state index is 0.221. The van der Waals surface area contributed by atoms with Crippen LogP contribution in [0.2, 0.25) is 0 Å². The van der Waals surface area contributed by atoms with Crippen molar-refractivity contribution >= 4 is 17.0 Å². The van der Waals surface area contributed by atoms with Crippen LogP contribution in [0.5, 0.6) is 0 Å². The fraction of sp³-hybridized carbons (Fsp3) is 0.214. The van der Waals surface area contributed by atoms with Crippen molar-refractivity contribution < 1.29 is 4.39 Å². The summed E-state index contributed by atoms with van der Waals surface area (Å²) in [6.45, 7) is 3.73. The molecular formula is C14H13FN2S. The number of nitrogens with zero attached hydrogens (tertiary/aromatic N) is 1. The van der Waals surface area contributed by atoms with E-state index < -0.39 is 0 Å². The Hall–Kier alpha value is -1.86. The molecular weight excluding hydrogens is 247 g/mol. The van der Waals surface area contributed by atoms with E-state index in [9.17, 15) is 4.39 Å². The molecule has 0 atom stereocenters. The molecule has 1 heterocycles. The lowest BCUT2D eigenvalue weighted by molar-refractivity contribution is 0.619. The minimum atomic E-state index is -0.221. The number of nitrogens with two attached hydrogens (primary N) is 1. The Labute approximate surface area is 109 Å². The SMILES string of the molecule is CCc1c(-c2ccc(F)c(C)c2)sc(C#N)c1N. The highest BCUT2D eigenvalue weighted by Gasteiger charge is 2.16. The van der Waals surface area contributed by atoms with Crippen molar-refractivity contribution in [1.29, 1.82) is 5.26 Å². The van der Waals surface area contributed by atoms with Crippen LogP contribution in [0.1, 0.15) is 22.9 Å². The van der Waals surface area contributed by atoms with Gasteiger partial charge in [0, 0.05) is 4.88 Å². The summed E-state index contributed by atoms with van der Waals surface area (Å²) in [5.41, 5.74) is 8.99. The molecule has 0 unspecified atom stereocenters. The molecule has 0 aliphatic carbocycles. The van der Waals surface area contributed by atoms with Gasteiger partial charge in [0.25, 0.3) is 0 Å². The van der Waals surface area contributed by atoms with Crippen LogP contribution in [0, 0.1) is 24.1 Å². The van der Waals surface area contributed by atoms with Crippen LogP contribution in [0.4, 0.5) is 10.1 Å². The summed E-state index contributed by atoms with van der Waals surface area (Å²) in [7, 11) is 0. The third-order valence-corrected chi connectivity index (χ3v) is 4.12. The van der Waals surface area contributed by atoms with Crippen LogP contribution in [0.15, 0.2) is 18.2 Å². The van der Waals surface area contributed by atoms with E-state index >= 15 is 0 Å². The molecule has 0 spiro atoms. The Balaban J connectivity index is 2.63. The molecule has 92 valence electrons. The standard InChI is InChI=1S/C14H13FN2S/c1-3-10-13(17)12(7-16)18-14(10)9-4-5-11(15)8(2)6-9/h4-6H,3,17H2,1-2H3. The van der Waals surface area contributed by atoms with E-state index in [0.717, 1.165) is 22.4 Å². The highest BCUT2D eigenvalue weighted by molar-refractivity contribution is 7.16. The molecule has 4 heteroatoms. The first-order valence-corrected chi connectivity index (χ1v) is 6.47. The second-order valence-electron chi connectivity index (χ2n) is 4.08. The van der Waals surface area contributed by atoms with Gasteiger partial charge in [-0.05, 0) is 42.2 Å². The molecule has 0 bridgehead atoms. The van der Waals surface area contributed by atoms with Crippen LogP contribution in [0.25, 0.3) is 10.4 Å². The Morgan fingerprint density at radius 2 is 2.17 bits per heavy atom. The molecule has 1 aromatic heterocycles. The van der Waals surface area contributed by atoms with Crippen LogP contribution in [0.3, 0.4) is 0 Å². The minimum Gasteiger partial charge on any atom is -0.397 e. The van der Waals surface area contributed by atoms with Crippen molar-refractivity contribution in [1.82, 2.24) is 0 Å². The fourth-order valence-corrected chi connectivity index (χ4v) is 3.04. The second-order valence-corrected chi connectivity index (χ2v) is 5.10. The van der Waals surface area contributed by atoms with Gasteiger partial charge in [0.15, 0.2) is 0 Å². The zero-order chi connectivity index (χ0) is 13.3. The summed E-state index contributed by atoms with van der Waals surface area (Å²) in [4.78, 5) is 1.50. The first kappa shape index (κ1) is 12.6. The maximum Gasteiger partial charge on any atom is 0.128 e. The number of benzene rings is 1. The lowest BCUT2D eigenvalue weighted by Crippen LogP contribution is -1.92. The molecule has 0 radical (unpaired) electrons. The molecule has 2 nitrogen and oxygen atoms in total. The molecule has 2 aromatic rings. The average molecular weight is 260 g/mol. The van der Waals surface area contributed by atoms with E-state index in [-0.39, 0.29) is 5.82 Å². The number of halogens is 1. The molecule has 0 amide bonds. The van der Waals surface area contributed by atoms with Gasteiger partial charge in [0.1, 0.15) is 16.8 Å². The Morgan fingerprint density at radius 1 is 1.44 bits per heavy atom. The zero-order valence-electron chi connectivity index (χ0n) is 10.2. The molecule has 2 N–H and O–H groups in total. The van der Waals surface area contributed by atoms with E-state index in [1.54, 1.807) is 19.1 Å². The quantitative estimate of drug-likeness (QED) is 0.890. The molecule has 0 aliphatic rings. The van der Waals surface area contributed by atoms with Gasteiger partial charge in [-0.15, -0.1) is 11.3 Å². The molecule has 18 heavy (non-hydrogen) atoms. The molecule has 0 aliphatic heterocycles. The number of aryl methyl sites for hydroxylation is 1. The van der Waals surface area contributed by atoms with E-state index in [4.69, 9.17) is 11.0 Å². The molecule has 2 rings (SSSR count). The van der Waals surface area contributed by atoms with Gasteiger partial charge in [-0.1, -0.05) is 13.0 Å². The van der Waals surface area contributed by atoms with Crippen molar-refractivity contribution in [2.75, 3.05) is 5.73 Å². The Kier molecular flexibility index (Phi) is 3.35. The van der Waals surface area contributed by atoms with Crippen LogP contribution in [-0.4, -0.2) is 0 Å². The highest BCUT2D eigenvalue weighted by Crippen LogP contribution is 2.39. The van der Waals surface area contributed by atoms with Gasteiger partial charge in [-0.25, -0.2) is 4.39 Å². The topological polar surface area (TPSA) is 49.8 Å². The second kappa shape index (κ2) is 4.79. The van der Waals surface area contributed by atoms with Gasteiger partial charge < -0.3 is 5.73 Å². The molecule has 0 saturated heterocycles. The van der Waals surface area contributed by atoms with Gasteiger partial charge >= 0.3 is 0 Å². The lowest BCUT2D eigenvalue weighted by atomic mass is 10.0. The number of thiophene rings is 1. The zero-order valence-corrected chi connectivity index (χ0v) is 11.1. The number of rotatable bonds is 2. The summed E-state index contributed by atoms with van der Waals surface area (Å²) < 4.78 is 13.3. The number of nitriles is 1. The van der Waals surface area contributed by atoms with Crippen molar-refractivity contribution in [2.45, 2.75) is 20.3 Å². The summed E-state index contributed by atoms with van der Waals surface area (Å²) in [6.07, 6.45) is 0.760. The van der Waals surface area contributed by atoms with Gasteiger partial charge in [-0.2, -0.15) is 5.26 Å². The summed E-state index contributed by atoms with van der Waals surface area (Å²) >= 11 is 1.37. The summed E-state index contributed by atoms with van der Waals surface area (Å²) in [5.74, 6) is -0.221. The highest BCUT2D eigenvalue weighted by atomic mass is 32.1. The Bertz CT molecular complexity index is 638. The number of nitrogen functional groups attached to an aromatic ring is 1. The first-order chi connectivity index (χ1) is 8.58. The van der Waals surface area contributed by atoms with E-state index in [1.165, 1.54) is 17.4 Å². The summed E-state index contributed by atoms with van der Waals surface area (Å²) in [5, 5.41) is 9.02. The largest absolute Gasteiger partial charge is 0.397 e. The molecule has 0 fully saturated rings. The van der Waals surface area contributed by atoms with Crippen molar-refractivity contribution in [3.05, 3.63) is 40.0 Å². The van der Waals surface area contributed by atoms with E-state index in [2.05, 4.69) is 6.07 Å². The van der Waals surface area contributed by atoms with E-state index in [0.29, 0.717) is 16.1 Å². The third-order valence-electron chi connectivity index (χ3n) is 2.92. The lowest BCUT2D eigenvalue weighted by Gasteiger charge is -2.04. The van der Waals surface area contributed by atoms with Crippen molar-refractivity contribution in [3.8, 4) is 16.5 Å². The van der Waals surface area contributed by atoms with Crippen LogP contribution >= 0.6 is 11.3 Å². The third kappa shape index (κ3) is 1.98. The number of anilines is 1. The molecule has 0 saturated carbocycles. The normalized spacial score (nSPS) is 10.3. The number of hydrogen-bond acceptors (Lipinski definition) is 3. The summed E-state index contributed by atoms with van der Waals surface area (Å²) in [6, 6.07) is 7.08. The predicted octanol–water partition coefficient (Wildman–Crippen LogP) is 3.88. The predicted molar refractivity (Wildman–Crippen MR) is 73.0 cm³/mol. The van der Waals surface area contributed by atoms with Crippen LogP contribution in [-0.2, 0) is 6.42 Å². The van der Waals surface area contributed by atoms with Gasteiger partial charge in [0.2, 0.25) is 0 Å². The fourth-order valence-electron chi connectivity index (χ4n) is 1.93. The number of hydrogen-bond donors (Lipinski definition) is 1. The monoisotopic (exact) mass is 260 g/mol. The Morgan fingerprint density at radius 3 is 2.72 bits per heavy atom.